The Morgan fingerprint density at radius 2 is 1.73 bits per heavy atom. The third kappa shape index (κ3) is 5.80. The molecule has 2 aromatic rings. The molecule has 0 radical (unpaired) electrons. The highest BCUT2D eigenvalue weighted by atomic mass is 16.5. The first-order valence-corrected chi connectivity index (χ1v) is 9.60. The lowest BCUT2D eigenvalue weighted by Crippen LogP contribution is -2.28. The molecule has 148 valence electrons. The second-order valence-electron chi connectivity index (χ2n) is 5.53. The van der Waals surface area contributed by atoms with E-state index in [4.69, 9.17) is 9.72 Å². The summed E-state index contributed by atoms with van der Waals surface area (Å²) in [6.45, 7) is 17.4. The maximum absolute atomic E-state index is 9.32. The molecular formula is C20H36N4O2. The Morgan fingerprint density at radius 3 is 2.19 bits per heavy atom. The Labute approximate surface area is 158 Å². The van der Waals surface area contributed by atoms with Gasteiger partial charge in [0.15, 0.2) is 0 Å². The summed E-state index contributed by atoms with van der Waals surface area (Å²) in [6.07, 6.45) is 0. The number of hydrogen-bond donors (Lipinski definition) is 1. The van der Waals surface area contributed by atoms with Gasteiger partial charge in [-0.15, -0.1) is 0 Å². The van der Waals surface area contributed by atoms with Gasteiger partial charge in [-0.05, 0) is 19.9 Å². The number of hydrogen-bond acceptors (Lipinski definition) is 6. The summed E-state index contributed by atoms with van der Waals surface area (Å²) < 4.78 is 5.44. The highest BCUT2D eigenvalue weighted by molar-refractivity contribution is 5.94. The number of aromatic nitrogens is 3. The highest BCUT2D eigenvalue weighted by Gasteiger charge is 2.19. The number of aliphatic hydroxyl groups excluding tert-OH is 1. The van der Waals surface area contributed by atoms with Gasteiger partial charge < -0.3 is 14.7 Å². The zero-order chi connectivity index (χ0) is 20.3. The Morgan fingerprint density at radius 1 is 1.12 bits per heavy atom. The molecule has 6 nitrogen and oxygen atoms in total. The summed E-state index contributed by atoms with van der Waals surface area (Å²) >= 11 is 0. The van der Waals surface area contributed by atoms with Crippen molar-refractivity contribution in [1.82, 2.24) is 15.0 Å². The summed E-state index contributed by atoms with van der Waals surface area (Å²) in [5.41, 5.74) is 1.68. The molecule has 0 bridgehead atoms. The van der Waals surface area contributed by atoms with Gasteiger partial charge in [0.2, 0.25) is 5.88 Å². The van der Waals surface area contributed by atoms with Crippen molar-refractivity contribution in [3.8, 4) is 5.88 Å². The third-order valence-electron chi connectivity index (χ3n) is 3.53. The number of fused-ring (bicyclic) bond motifs is 1. The lowest BCUT2D eigenvalue weighted by atomic mass is 10.1. The zero-order valence-corrected chi connectivity index (χ0v) is 17.9. The van der Waals surface area contributed by atoms with E-state index < -0.39 is 0 Å². The molecule has 6 heteroatoms. The van der Waals surface area contributed by atoms with Crippen molar-refractivity contribution < 1.29 is 9.84 Å². The first-order valence-electron chi connectivity index (χ1n) is 9.60. The molecule has 0 atom stereocenters. The standard InChI is InChI=1S/C16H24N4O2.2C2H6/c1-6-20(7-8-21)15-13-12(18-14(19-15)10(2)3)9-11(4)17-16(13)22-5;2*1-2/h9-10,21H,6-8H2,1-5H3;2*1-2H3. The number of methoxy groups -OCH3 is 1. The molecule has 0 aromatic carbocycles. The van der Waals surface area contributed by atoms with E-state index in [1.807, 2.05) is 52.5 Å². The van der Waals surface area contributed by atoms with Crippen LogP contribution in [0.3, 0.4) is 0 Å². The maximum Gasteiger partial charge on any atom is 0.226 e. The van der Waals surface area contributed by atoms with Crippen LogP contribution >= 0.6 is 0 Å². The number of rotatable bonds is 6. The van der Waals surface area contributed by atoms with E-state index in [2.05, 4.69) is 23.8 Å². The number of aliphatic hydroxyl groups is 1. The lowest BCUT2D eigenvalue weighted by Gasteiger charge is -2.24. The van der Waals surface area contributed by atoms with E-state index in [0.29, 0.717) is 12.4 Å². The van der Waals surface area contributed by atoms with Crippen molar-refractivity contribution in [2.24, 2.45) is 0 Å². The Kier molecular flexibility index (Phi) is 11.5. The van der Waals surface area contributed by atoms with Gasteiger partial charge in [-0.25, -0.2) is 15.0 Å². The number of ether oxygens (including phenoxy) is 1. The van der Waals surface area contributed by atoms with Crippen LogP contribution < -0.4 is 9.64 Å². The largest absolute Gasteiger partial charge is 0.480 e. The molecule has 0 amide bonds. The van der Waals surface area contributed by atoms with Crippen molar-refractivity contribution in [3.63, 3.8) is 0 Å². The van der Waals surface area contributed by atoms with Gasteiger partial charge in [-0.3, -0.25) is 0 Å². The maximum atomic E-state index is 9.32. The van der Waals surface area contributed by atoms with E-state index >= 15 is 0 Å². The van der Waals surface area contributed by atoms with Gasteiger partial charge in [-0.2, -0.15) is 0 Å². The predicted molar refractivity (Wildman–Crippen MR) is 110 cm³/mol. The van der Waals surface area contributed by atoms with E-state index in [0.717, 1.165) is 34.8 Å². The molecule has 0 spiro atoms. The van der Waals surface area contributed by atoms with Crippen molar-refractivity contribution in [2.75, 3.05) is 31.7 Å². The normalized spacial score (nSPS) is 9.96. The van der Waals surface area contributed by atoms with Crippen molar-refractivity contribution in [2.45, 2.75) is 61.3 Å². The van der Waals surface area contributed by atoms with E-state index in [1.165, 1.54) is 0 Å². The summed E-state index contributed by atoms with van der Waals surface area (Å²) in [6, 6.07) is 1.95. The topological polar surface area (TPSA) is 71.4 Å². The van der Waals surface area contributed by atoms with E-state index in [9.17, 15) is 5.11 Å². The minimum absolute atomic E-state index is 0.0674. The molecule has 0 aliphatic heterocycles. The van der Waals surface area contributed by atoms with Crippen LogP contribution in [0.15, 0.2) is 6.07 Å². The summed E-state index contributed by atoms with van der Waals surface area (Å²) in [4.78, 5) is 15.8. The van der Waals surface area contributed by atoms with Crippen LogP contribution in [0.5, 0.6) is 5.88 Å². The van der Waals surface area contributed by atoms with Crippen molar-refractivity contribution in [1.29, 1.82) is 0 Å². The van der Waals surface area contributed by atoms with Crippen LogP contribution in [0.1, 0.15) is 65.9 Å². The fourth-order valence-electron chi connectivity index (χ4n) is 2.41. The van der Waals surface area contributed by atoms with Gasteiger partial charge in [0, 0.05) is 24.7 Å². The first kappa shape index (κ1) is 24.1. The molecule has 0 saturated carbocycles. The van der Waals surface area contributed by atoms with Gasteiger partial charge in [0.1, 0.15) is 17.0 Å². The summed E-state index contributed by atoms with van der Waals surface area (Å²) in [5, 5.41) is 10.1. The molecule has 2 aromatic heterocycles. The molecule has 0 aliphatic rings. The van der Waals surface area contributed by atoms with E-state index in [-0.39, 0.29) is 12.5 Å². The first-order chi connectivity index (χ1) is 12.5. The van der Waals surface area contributed by atoms with Gasteiger partial charge in [0.25, 0.3) is 0 Å². The zero-order valence-electron chi connectivity index (χ0n) is 17.9. The monoisotopic (exact) mass is 364 g/mol. The molecule has 2 rings (SSSR count). The SMILES string of the molecule is CC.CC.CCN(CCO)c1nc(C(C)C)nc2cc(C)nc(OC)c12. The summed E-state index contributed by atoms with van der Waals surface area (Å²) in [7, 11) is 1.60. The molecule has 26 heavy (non-hydrogen) atoms. The summed E-state index contributed by atoms with van der Waals surface area (Å²) in [5.74, 6) is 2.30. The molecular weight excluding hydrogens is 328 g/mol. The third-order valence-corrected chi connectivity index (χ3v) is 3.53. The predicted octanol–water partition coefficient (Wildman–Crippen LogP) is 4.34. The van der Waals surface area contributed by atoms with Crippen LogP contribution in [-0.2, 0) is 0 Å². The number of pyridine rings is 1. The molecule has 0 fully saturated rings. The molecule has 0 aliphatic carbocycles. The number of anilines is 1. The minimum Gasteiger partial charge on any atom is -0.480 e. The Bertz CT molecular complexity index is 660. The van der Waals surface area contributed by atoms with Crippen molar-refractivity contribution >= 4 is 16.7 Å². The minimum atomic E-state index is 0.0674. The van der Waals surface area contributed by atoms with Gasteiger partial charge in [-0.1, -0.05) is 41.5 Å². The molecule has 0 unspecified atom stereocenters. The van der Waals surface area contributed by atoms with Gasteiger partial charge >= 0.3 is 0 Å². The second-order valence-corrected chi connectivity index (χ2v) is 5.53. The number of aryl methyl sites for hydroxylation is 1. The number of nitrogens with zero attached hydrogens (tertiary/aromatic N) is 4. The van der Waals surface area contributed by atoms with Crippen molar-refractivity contribution in [3.05, 3.63) is 17.6 Å². The average molecular weight is 365 g/mol. The average Bonchev–Trinajstić information content (AvgIpc) is 2.67. The fraction of sp³-hybridized carbons (Fsp3) is 0.650. The van der Waals surface area contributed by atoms with Crippen LogP contribution in [0, 0.1) is 6.92 Å². The number of likely N-dealkylation sites (N-methyl/N-ethyl adjacent to an activating group) is 1. The molecule has 1 N–H and O–H groups in total. The fourth-order valence-corrected chi connectivity index (χ4v) is 2.41. The van der Waals surface area contributed by atoms with E-state index in [1.54, 1.807) is 7.11 Å². The quantitative estimate of drug-likeness (QED) is 0.822. The highest BCUT2D eigenvalue weighted by Crippen LogP contribution is 2.32. The Hall–Kier alpha value is -1.95. The van der Waals surface area contributed by atoms with Crippen LogP contribution in [0.2, 0.25) is 0 Å². The van der Waals surface area contributed by atoms with Crippen LogP contribution in [-0.4, -0.2) is 46.9 Å². The smallest absolute Gasteiger partial charge is 0.226 e. The lowest BCUT2D eigenvalue weighted by molar-refractivity contribution is 0.302. The van der Waals surface area contributed by atoms with Gasteiger partial charge in [0.05, 0.1) is 19.2 Å². The van der Waals surface area contributed by atoms with Crippen LogP contribution in [0.25, 0.3) is 10.9 Å². The van der Waals surface area contributed by atoms with Crippen LogP contribution in [0.4, 0.5) is 5.82 Å². The molecule has 2 heterocycles. The Balaban J connectivity index is 0.00000146. The molecule has 0 saturated heterocycles. The second kappa shape index (κ2) is 12.4.